The number of hydrogen-bond donors (Lipinski definition) is 0. The summed E-state index contributed by atoms with van der Waals surface area (Å²) in [6.07, 6.45) is 9.44. The summed E-state index contributed by atoms with van der Waals surface area (Å²) in [5, 5.41) is 1.15. The molecule has 0 bridgehead atoms. The number of likely N-dealkylation sites (tertiary alicyclic amines) is 1. The fourth-order valence-electron chi connectivity index (χ4n) is 6.89. The predicted molar refractivity (Wildman–Crippen MR) is 156 cm³/mol. The van der Waals surface area contributed by atoms with Gasteiger partial charge in [0.25, 0.3) is 5.91 Å². The van der Waals surface area contributed by atoms with Crippen LogP contribution in [0.4, 0.5) is 0 Å². The second-order valence-corrected chi connectivity index (χ2v) is 12.0. The Labute approximate surface area is 237 Å². The number of benzene rings is 2. The third kappa shape index (κ3) is 5.49. The van der Waals surface area contributed by atoms with Crippen molar-refractivity contribution in [3.8, 4) is 5.75 Å². The van der Waals surface area contributed by atoms with Crippen LogP contribution in [0.1, 0.15) is 60.9 Å². The second-order valence-electron chi connectivity index (χ2n) is 12.0. The van der Waals surface area contributed by atoms with Crippen molar-refractivity contribution in [1.82, 2.24) is 14.4 Å². The Morgan fingerprint density at radius 2 is 1.77 bits per heavy atom. The molecule has 2 aromatic carbocycles. The highest BCUT2D eigenvalue weighted by Crippen LogP contribution is 2.38. The van der Waals surface area contributed by atoms with E-state index in [0.29, 0.717) is 30.9 Å². The Hall–Kier alpha value is -3.32. The molecule has 3 aromatic rings. The van der Waals surface area contributed by atoms with Gasteiger partial charge in [0.1, 0.15) is 5.75 Å². The summed E-state index contributed by atoms with van der Waals surface area (Å²) in [4.78, 5) is 30.9. The van der Waals surface area contributed by atoms with E-state index in [1.54, 1.807) is 0 Å². The van der Waals surface area contributed by atoms with Crippen molar-refractivity contribution >= 4 is 22.7 Å². The zero-order valence-corrected chi connectivity index (χ0v) is 23.6. The van der Waals surface area contributed by atoms with Crippen LogP contribution in [0, 0.1) is 5.41 Å². The number of aryl methyl sites for hydroxylation is 1. The van der Waals surface area contributed by atoms with Gasteiger partial charge >= 0.3 is 0 Å². The van der Waals surface area contributed by atoms with Gasteiger partial charge in [0.15, 0.2) is 0 Å². The van der Waals surface area contributed by atoms with Crippen molar-refractivity contribution in [2.75, 3.05) is 39.5 Å². The summed E-state index contributed by atoms with van der Waals surface area (Å²) in [6, 6.07) is 16.1. The van der Waals surface area contributed by atoms with E-state index in [9.17, 15) is 9.59 Å². The highest BCUT2D eigenvalue weighted by molar-refractivity contribution is 5.97. The van der Waals surface area contributed by atoms with Crippen molar-refractivity contribution in [2.24, 2.45) is 12.5 Å². The van der Waals surface area contributed by atoms with Gasteiger partial charge in [-0.1, -0.05) is 36.8 Å². The molecule has 2 saturated heterocycles. The molecule has 7 nitrogen and oxygen atoms in total. The number of para-hydroxylation sites is 2. The van der Waals surface area contributed by atoms with Crippen LogP contribution in [-0.2, 0) is 23.0 Å². The van der Waals surface area contributed by atoms with E-state index in [4.69, 9.17) is 9.47 Å². The fraction of sp³-hybridized carbons (Fsp3) is 0.515. The standard InChI is InChI=1S/C33H41N3O4/c1-34-22-25(27-10-2-4-12-29(27)34)21-31(37)35-18-15-33(16-19-35)14-6-7-20-39-23-26-9-8-17-36(26)32(38)28-11-3-5-13-30(28)40-24-33/h2-5,10-13,22,26H,6-9,14-21,23-24H2,1H3/t26-/m0/s1. The number of hydrogen-bond acceptors (Lipinski definition) is 4. The Morgan fingerprint density at radius 1 is 0.975 bits per heavy atom. The minimum atomic E-state index is -0.0212. The molecule has 1 aromatic heterocycles. The zero-order chi connectivity index (χ0) is 27.5. The molecule has 6 rings (SSSR count). The molecule has 0 unspecified atom stereocenters. The molecule has 4 heterocycles. The molecule has 1 spiro atoms. The zero-order valence-electron chi connectivity index (χ0n) is 23.6. The van der Waals surface area contributed by atoms with Gasteiger partial charge in [0.2, 0.25) is 5.91 Å². The highest BCUT2D eigenvalue weighted by Gasteiger charge is 2.37. The van der Waals surface area contributed by atoms with E-state index in [1.165, 1.54) is 0 Å². The molecule has 0 N–H and O–H groups in total. The number of rotatable bonds is 2. The summed E-state index contributed by atoms with van der Waals surface area (Å²) in [5.74, 6) is 0.907. The molecular weight excluding hydrogens is 502 g/mol. The van der Waals surface area contributed by atoms with Gasteiger partial charge in [-0.2, -0.15) is 0 Å². The first-order chi connectivity index (χ1) is 19.5. The van der Waals surface area contributed by atoms with E-state index < -0.39 is 0 Å². The second kappa shape index (κ2) is 11.7. The molecule has 1 atom stereocenters. The van der Waals surface area contributed by atoms with E-state index in [1.807, 2.05) is 53.2 Å². The number of ether oxygens (including phenoxy) is 2. The summed E-state index contributed by atoms with van der Waals surface area (Å²) in [5.41, 5.74) is 2.87. The summed E-state index contributed by atoms with van der Waals surface area (Å²) >= 11 is 0. The fourth-order valence-corrected chi connectivity index (χ4v) is 6.89. The average Bonchev–Trinajstić information content (AvgIpc) is 3.58. The van der Waals surface area contributed by atoms with Crippen molar-refractivity contribution in [3.05, 3.63) is 65.9 Å². The summed E-state index contributed by atoms with van der Waals surface area (Å²) in [7, 11) is 2.04. The molecule has 0 radical (unpaired) electrons. The topological polar surface area (TPSA) is 64.0 Å². The molecule has 40 heavy (non-hydrogen) atoms. The Morgan fingerprint density at radius 3 is 2.65 bits per heavy atom. The first-order valence-corrected chi connectivity index (χ1v) is 14.9. The number of carbonyl (C=O) groups excluding carboxylic acids is 2. The van der Waals surface area contributed by atoms with Crippen LogP contribution in [0.3, 0.4) is 0 Å². The van der Waals surface area contributed by atoms with Crippen molar-refractivity contribution < 1.29 is 19.1 Å². The maximum Gasteiger partial charge on any atom is 0.257 e. The van der Waals surface area contributed by atoms with Crippen molar-refractivity contribution in [3.63, 3.8) is 0 Å². The monoisotopic (exact) mass is 543 g/mol. The number of amides is 2. The van der Waals surface area contributed by atoms with Gasteiger partial charge in [0, 0.05) is 55.8 Å². The lowest BCUT2D eigenvalue weighted by atomic mass is 9.75. The lowest BCUT2D eigenvalue weighted by Gasteiger charge is -2.42. The number of carbonyl (C=O) groups is 2. The molecule has 0 saturated carbocycles. The molecule has 3 aliphatic rings. The third-order valence-electron chi connectivity index (χ3n) is 9.34. The number of piperidine rings is 1. The smallest absolute Gasteiger partial charge is 0.257 e. The van der Waals surface area contributed by atoms with E-state index in [-0.39, 0.29) is 23.3 Å². The van der Waals surface area contributed by atoms with Gasteiger partial charge in [0.05, 0.1) is 31.2 Å². The van der Waals surface area contributed by atoms with Gasteiger partial charge in [-0.25, -0.2) is 0 Å². The molecule has 2 fully saturated rings. The predicted octanol–water partition coefficient (Wildman–Crippen LogP) is 5.21. The van der Waals surface area contributed by atoms with Crippen LogP contribution in [0.25, 0.3) is 10.9 Å². The molecule has 0 aliphatic carbocycles. The number of fused-ring (bicyclic) bond motifs is 3. The molecule has 212 valence electrons. The first kappa shape index (κ1) is 26.9. The van der Waals surface area contributed by atoms with E-state index >= 15 is 0 Å². The summed E-state index contributed by atoms with van der Waals surface area (Å²) < 4.78 is 14.7. The van der Waals surface area contributed by atoms with Crippen molar-refractivity contribution in [1.29, 1.82) is 0 Å². The minimum absolute atomic E-state index is 0.0212. The van der Waals surface area contributed by atoms with Crippen LogP contribution >= 0.6 is 0 Å². The highest BCUT2D eigenvalue weighted by atomic mass is 16.5. The van der Waals surface area contributed by atoms with Crippen molar-refractivity contribution in [2.45, 2.75) is 57.4 Å². The SMILES string of the molecule is Cn1cc(CC(=O)N2CCC3(CCCCOC[C@@H]4CCCN4C(=O)c4ccccc4OC3)CC2)c2ccccc21. The number of nitrogens with zero attached hydrogens (tertiary/aromatic N) is 3. The van der Waals surface area contributed by atoms with Crippen LogP contribution in [0.5, 0.6) is 5.75 Å². The summed E-state index contributed by atoms with van der Waals surface area (Å²) in [6.45, 7) is 4.13. The maximum absolute atomic E-state index is 13.6. The quantitative estimate of drug-likeness (QED) is 0.445. The minimum Gasteiger partial charge on any atom is -0.492 e. The lowest BCUT2D eigenvalue weighted by molar-refractivity contribution is -0.133. The van der Waals surface area contributed by atoms with Gasteiger partial charge in [-0.05, 0) is 62.3 Å². The van der Waals surface area contributed by atoms with Gasteiger partial charge in [-0.15, -0.1) is 0 Å². The van der Waals surface area contributed by atoms with Crippen LogP contribution in [0.2, 0.25) is 0 Å². The maximum atomic E-state index is 13.6. The van der Waals surface area contributed by atoms with E-state index in [0.717, 1.165) is 87.7 Å². The normalized spacial score (nSPS) is 22.0. The Balaban J connectivity index is 1.15. The van der Waals surface area contributed by atoms with Gasteiger partial charge < -0.3 is 23.8 Å². The molecule has 3 aliphatic heterocycles. The Bertz CT molecular complexity index is 1360. The first-order valence-electron chi connectivity index (χ1n) is 14.9. The molecule has 7 heteroatoms. The average molecular weight is 544 g/mol. The molecular formula is C33H41N3O4. The Kier molecular flexibility index (Phi) is 7.83. The van der Waals surface area contributed by atoms with Crippen LogP contribution < -0.4 is 4.74 Å². The van der Waals surface area contributed by atoms with Crippen LogP contribution in [0.15, 0.2) is 54.7 Å². The molecule has 2 amide bonds. The number of aromatic nitrogens is 1. The van der Waals surface area contributed by atoms with Gasteiger partial charge in [-0.3, -0.25) is 9.59 Å². The van der Waals surface area contributed by atoms with E-state index in [2.05, 4.69) is 22.9 Å². The lowest BCUT2D eigenvalue weighted by Crippen LogP contribution is -2.46. The van der Waals surface area contributed by atoms with Crippen LogP contribution in [-0.4, -0.2) is 71.7 Å². The largest absolute Gasteiger partial charge is 0.492 e. The third-order valence-corrected chi connectivity index (χ3v) is 9.34.